The SMILES string of the molecule is Nc1cn2ncc(N)c2cn1. The smallest absolute Gasteiger partial charge is 0.141 e. The van der Waals surface area contributed by atoms with Crippen LogP contribution in [0.15, 0.2) is 18.6 Å². The van der Waals surface area contributed by atoms with Crippen molar-refractivity contribution >= 4 is 17.0 Å². The van der Waals surface area contributed by atoms with Crippen LogP contribution < -0.4 is 11.5 Å². The van der Waals surface area contributed by atoms with Crippen molar-refractivity contribution in [3.05, 3.63) is 18.6 Å². The van der Waals surface area contributed by atoms with Gasteiger partial charge in [0.2, 0.25) is 0 Å². The van der Waals surface area contributed by atoms with E-state index in [2.05, 4.69) is 10.1 Å². The summed E-state index contributed by atoms with van der Waals surface area (Å²) < 4.78 is 1.59. The van der Waals surface area contributed by atoms with Crippen molar-refractivity contribution < 1.29 is 0 Å². The number of nitrogens with two attached hydrogens (primary N) is 2. The molecule has 5 nitrogen and oxygen atoms in total. The van der Waals surface area contributed by atoms with Gasteiger partial charge in [0.1, 0.15) is 11.3 Å². The molecule has 0 saturated carbocycles. The molecule has 0 amide bonds. The normalized spacial score (nSPS) is 10.5. The summed E-state index contributed by atoms with van der Waals surface area (Å²) in [6.45, 7) is 0. The summed E-state index contributed by atoms with van der Waals surface area (Å²) in [5, 5.41) is 3.95. The Kier molecular flexibility index (Phi) is 1.00. The van der Waals surface area contributed by atoms with Crippen LogP contribution in [0.5, 0.6) is 0 Å². The number of nitrogens with zero attached hydrogens (tertiary/aromatic N) is 3. The molecule has 0 unspecified atom stereocenters. The molecule has 2 heterocycles. The summed E-state index contributed by atoms with van der Waals surface area (Å²) in [5.41, 5.74) is 12.4. The molecule has 0 atom stereocenters. The lowest BCUT2D eigenvalue weighted by Crippen LogP contribution is -1.95. The molecule has 11 heavy (non-hydrogen) atoms. The number of anilines is 2. The van der Waals surface area contributed by atoms with Crippen molar-refractivity contribution in [1.82, 2.24) is 14.6 Å². The fourth-order valence-electron chi connectivity index (χ4n) is 0.916. The van der Waals surface area contributed by atoms with Gasteiger partial charge in [-0.15, -0.1) is 0 Å². The molecular weight excluding hydrogens is 142 g/mol. The van der Waals surface area contributed by atoms with Gasteiger partial charge in [0.25, 0.3) is 0 Å². The topological polar surface area (TPSA) is 82.2 Å². The summed E-state index contributed by atoms with van der Waals surface area (Å²) in [4.78, 5) is 3.88. The van der Waals surface area contributed by atoms with Crippen LogP contribution in [0, 0.1) is 0 Å². The quantitative estimate of drug-likeness (QED) is 0.547. The van der Waals surface area contributed by atoms with Crippen molar-refractivity contribution in [2.24, 2.45) is 0 Å². The predicted octanol–water partition coefficient (Wildman–Crippen LogP) is -0.106. The van der Waals surface area contributed by atoms with Crippen LogP contribution in [0.1, 0.15) is 0 Å². The molecular formula is C6H7N5. The van der Waals surface area contributed by atoms with Crippen molar-refractivity contribution in [2.75, 3.05) is 11.5 Å². The maximum absolute atomic E-state index is 5.56. The van der Waals surface area contributed by atoms with Gasteiger partial charge in [0.05, 0.1) is 24.3 Å². The zero-order chi connectivity index (χ0) is 7.84. The molecule has 5 heteroatoms. The second-order valence-electron chi connectivity index (χ2n) is 2.24. The standard InChI is InChI=1S/C6H7N5/c7-4-1-10-11-3-6(8)9-2-5(4)11/h1-3H,7-8H2. The summed E-state index contributed by atoms with van der Waals surface area (Å²) in [5.74, 6) is 0.431. The van der Waals surface area contributed by atoms with Crippen LogP contribution in [0.3, 0.4) is 0 Å². The highest BCUT2D eigenvalue weighted by molar-refractivity contribution is 5.67. The van der Waals surface area contributed by atoms with Gasteiger partial charge < -0.3 is 11.5 Å². The largest absolute Gasteiger partial charge is 0.396 e. The number of aromatic nitrogens is 3. The Balaban J connectivity index is 2.86. The van der Waals surface area contributed by atoms with Crippen LogP contribution in [-0.4, -0.2) is 14.6 Å². The van der Waals surface area contributed by atoms with Crippen molar-refractivity contribution in [3.63, 3.8) is 0 Å². The molecule has 2 rings (SSSR count). The number of rotatable bonds is 0. The first-order valence-electron chi connectivity index (χ1n) is 3.12. The van der Waals surface area contributed by atoms with Crippen LogP contribution in [0.2, 0.25) is 0 Å². The van der Waals surface area contributed by atoms with E-state index in [1.54, 1.807) is 23.1 Å². The average Bonchev–Trinajstić information content (AvgIpc) is 2.32. The fraction of sp³-hybridized carbons (Fsp3) is 0. The van der Waals surface area contributed by atoms with E-state index in [1.165, 1.54) is 0 Å². The maximum Gasteiger partial charge on any atom is 0.141 e. The molecule has 0 aliphatic carbocycles. The zero-order valence-electron chi connectivity index (χ0n) is 5.73. The van der Waals surface area contributed by atoms with Crippen molar-refractivity contribution in [1.29, 1.82) is 0 Å². The summed E-state index contributed by atoms with van der Waals surface area (Å²) in [6.07, 6.45) is 4.78. The molecule has 2 aromatic rings. The van der Waals surface area contributed by atoms with Gasteiger partial charge in [-0.1, -0.05) is 0 Å². The highest BCUT2D eigenvalue weighted by atomic mass is 15.2. The number of hydrogen-bond acceptors (Lipinski definition) is 4. The minimum Gasteiger partial charge on any atom is -0.396 e. The predicted molar refractivity (Wildman–Crippen MR) is 41.8 cm³/mol. The van der Waals surface area contributed by atoms with Crippen LogP contribution in [0.25, 0.3) is 5.52 Å². The van der Waals surface area contributed by atoms with E-state index in [0.29, 0.717) is 11.5 Å². The Morgan fingerprint density at radius 3 is 2.91 bits per heavy atom. The summed E-state index contributed by atoms with van der Waals surface area (Å²) in [7, 11) is 0. The average molecular weight is 149 g/mol. The van der Waals surface area contributed by atoms with Gasteiger partial charge in [0.15, 0.2) is 0 Å². The highest BCUT2D eigenvalue weighted by Crippen LogP contribution is 2.11. The minimum atomic E-state index is 0.431. The molecule has 0 fully saturated rings. The molecule has 2 aromatic heterocycles. The third kappa shape index (κ3) is 0.778. The van der Waals surface area contributed by atoms with E-state index in [9.17, 15) is 0 Å². The molecule has 0 radical (unpaired) electrons. The molecule has 0 aliphatic rings. The van der Waals surface area contributed by atoms with Gasteiger partial charge in [-0.2, -0.15) is 5.10 Å². The lowest BCUT2D eigenvalue weighted by atomic mass is 10.4. The van der Waals surface area contributed by atoms with Gasteiger partial charge in [-0.3, -0.25) is 0 Å². The lowest BCUT2D eigenvalue weighted by Gasteiger charge is -1.93. The number of hydrogen-bond donors (Lipinski definition) is 2. The second kappa shape index (κ2) is 1.85. The summed E-state index contributed by atoms with van der Waals surface area (Å²) in [6, 6.07) is 0. The number of fused-ring (bicyclic) bond motifs is 1. The second-order valence-corrected chi connectivity index (χ2v) is 2.24. The Labute approximate surface area is 62.6 Å². The molecule has 0 saturated heterocycles. The van der Waals surface area contributed by atoms with E-state index in [4.69, 9.17) is 11.5 Å². The van der Waals surface area contributed by atoms with Crippen LogP contribution >= 0.6 is 0 Å². The Morgan fingerprint density at radius 1 is 1.27 bits per heavy atom. The molecule has 0 aliphatic heterocycles. The maximum atomic E-state index is 5.56. The Bertz CT molecular complexity index is 391. The Morgan fingerprint density at radius 2 is 2.09 bits per heavy atom. The van der Waals surface area contributed by atoms with Gasteiger partial charge in [0, 0.05) is 0 Å². The molecule has 56 valence electrons. The van der Waals surface area contributed by atoms with Crippen LogP contribution in [0.4, 0.5) is 11.5 Å². The van der Waals surface area contributed by atoms with E-state index in [1.807, 2.05) is 0 Å². The first kappa shape index (κ1) is 5.96. The fourth-order valence-corrected chi connectivity index (χ4v) is 0.916. The van der Waals surface area contributed by atoms with Gasteiger partial charge in [-0.25, -0.2) is 9.50 Å². The highest BCUT2D eigenvalue weighted by Gasteiger charge is 1.98. The molecule has 4 N–H and O–H groups in total. The zero-order valence-corrected chi connectivity index (χ0v) is 5.73. The first-order valence-corrected chi connectivity index (χ1v) is 3.12. The van der Waals surface area contributed by atoms with E-state index < -0.39 is 0 Å². The molecule has 0 spiro atoms. The van der Waals surface area contributed by atoms with E-state index in [0.717, 1.165) is 5.52 Å². The third-order valence-electron chi connectivity index (χ3n) is 1.45. The number of nitrogen functional groups attached to an aromatic ring is 2. The Hall–Kier alpha value is -1.78. The summed E-state index contributed by atoms with van der Waals surface area (Å²) >= 11 is 0. The van der Waals surface area contributed by atoms with Gasteiger partial charge >= 0.3 is 0 Å². The van der Waals surface area contributed by atoms with Crippen LogP contribution in [-0.2, 0) is 0 Å². The molecule has 0 bridgehead atoms. The van der Waals surface area contributed by atoms with Crippen molar-refractivity contribution in [3.8, 4) is 0 Å². The monoisotopic (exact) mass is 149 g/mol. The third-order valence-corrected chi connectivity index (χ3v) is 1.45. The van der Waals surface area contributed by atoms with E-state index >= 15 is 0 Å². The van der Waals surface area contributed by atoms with Crippen molar-refractivity contribution in [2.45, 2.75) is 0 Å². The first-order chi connectivity index (χ1) is 5.27. The van der Waals surface area contributed by atoms with E-state index in [-0.39, 0.29) is 0 Å². The minimum absolute atomic E-state index is 0.431. The molecule has 0 aromatic carbocycles. The lowest BCUT2D eigenvalue weighted by molar-refractivity contribution is 0.950. The van der Waals surface area contributed by atoms with Gasteiger partial charge in [-0.05, 0) is 0 Å².